The van der Waals surface area contributed by atoms with Crippen LogP contribution in [0.5, 0.6) is 11.5 Å². The number of benzene rings is 1. The van der Waals surface area contributed by atoms with Gasteiger partial charge in [0.2, 0.25) is 12.7 Å². The summed E-state index contributed by atoms with van der Waals surface area (Å²) >= 11 is 0. The first-order chi connectivity index (χ1) is 13.2. The van der Waals surface area contributed by atoms with Crippen molar-refractivity contribution < 1.29 is 18.8 Å². The number of nitrogens with zero attached hydrogens (tertiary/aromatic N) is 4. The van der Waals surface area contributed by atoms with E-state index in [1.165, 1.54) is 0 Å². The van der Waals surface area contributed by atoms with Gasteiger partial charge in [0, 0.05) is 38.2 Å². The Bertz CT molecular complexity index is 799. The Balaban J connectivity index is 1.29. The Morgan fingerprint density at radius 3 is 2.78 bits per heavy atom. The van der Waals surface area contributed by atoms with E-state index < -0.39 is 0 Å². The van der Waals surface area contributed by atoms with Crippen molar-refractivity contribution in [3.05, 3.63) is 35.5 Å². The van der Waals surface area contributed by atoms with Gasteiger partial charge in [0.15, 0.2) is 17.3 Å². The predicted octanol–water partition coefficient (Wildman–Crippen LogP) is 2.10. The molecule has 2 aliphatic heterocycles. The lowest BCUT2D eigenvalue weighted by atomic mass is 10.1. The molecule has 0 radical (unpaired) electrons. The second kappa shape index (κ2) is 7.96. The highest BCUT2D eigenvalue weighted by Crippen LogP contribution is 2.32. The fourth-order valence-corrected chi connectivity index (χ4v) is 3.30. The Morgan fingerprint density at radius 1 is 1.15 bits per heavy atom. The minimum absolute atomic E-state index is 0.0209. The van der Waals surface area contributed by atoms with E-state index in [4.69, 9.17) is 14.0 Å². The summed E-state index contributed by atoms with van der Waals surface area (Å²) in [7, 11) is 0. The van der Waals surface area contributed by atoms with E-state index in [0.29, 0.717) is 42.6 Å². The molecule has 4 rings (SSSR count). The molecule has 1 fully saturated rings. The van der Waals surface area contributed by atoms with Crippen molar-refractivity contribution in [2.24, 2.45) is 0 Å². The van der Waals surface area contributed by atoms with Gasteiger partial charge in [-0.05, 0) is 24.6 Å². The number of piperazine rings is 1. The van der Waals surface area contributed by atoms with Crippen LogP contribution in [-0.2, 0) is 13.0 Å². The van der Waals surface area contributed by atoms with Gasteiger partial charge in [-0.25, -0.2) is 0 Å². The second-order valence-corrected chi connectivity index (χ2v) is 6.84. The summed E-state index contributed by atoms with van der Waals surface area (Å²) < 4.78 is 16.0. The van der Waals surface area contributed by atoms with Crippen molar-refractivity contribution in [2.45, 2.75) is 32.7 Å². The third-order valence-corrected chi connectivity index (χ3v) is 4.90. The molecule has 1 aromatic carbocycles. The number of ether oxygens (including phenoxy) is 2. The topological polar surface area (TPSA) is 80.9 Å². The van der Waals surface area contributed by atoms with E-state index in [1.807, 2.05) is 4.90 Å². The molecule has 0 N–H and O–H groups in total. The van der Waals surface area contributed by atoms with Crippen LogP contribution in [0.2, 0.25) is 0 Å². The molecule has 144 valence electrons. The largest absolute Gasteiger partial charge is 0.454 e. The number of aryl methyl sites for hydroxylation is 1. The molecule has 2 aromatic rings. The number of amides is 1. The minimum atomic E-state index is 0.0209. The molecule has 1 saturated heterocycles. The maximum Gasteiger partial charge on any atom is 0.254 e. The molecule has 0 aliphatic carbocycles. The van der Waals surface area contributed by atoms with Crippen LogP contribution < -0.4 is 9.47 Å². The van der Waals surface area contributed by atoms with Gasteiger partial charge in [0.25, 0.3) is 5.91 Å². The van der Waals surface area contributed by atoms with E-state index in [2.05, 4.69) is 22.0 Å². The van der Waals surface area contributed by atoms with E-state index in [0.717, 1.165) is 38.2 Å². The van der Waals surface area contributed by atoms with Crippen molar-refractivity contribution in [1.29, 1.82) is 0 Å². The van der Waals surface area contributed by atoms with Gasteiger partial charge >= 0.3 is 0 Å². The van der Waals surface area contributed by atoms with Gasteiger partial charge in [0.1, 0.15) is 0 Å². The zero-order chi connectivity index (χ0) is 18.6. The molecule has 8 nitrogen and oxygen atoms in total. The highest BCUT2D eigenvalue weighted by molar-refractivity contribution is 5.95. The first-order valence-electron chi connectivity index (χ1n) is 9.45. The monoisotopic (exact) mass is 372 g/mol. The molecule has 1 amide bonds. The van der Waals surface area contributed by atoms with Gasteiger partial charge in [-0.15, -0.1) is 0 Å². The summed E-state index contributed by atoms with van der Waals surface area (Å²) in [5, 5.41) is 4.03. The first kappa shape index (κ1) is 17.8. The van der Waals surface area contributed by atoms with Crippen molar-refractivity contribution in [2.75, 3.05) is 33.0 Å². The molecular weight excluding hydrogens is 348 g/mol. The lowest BCUT2D eigenvalue weighted by Crippen LogP contribution is -2.48. The third kappa shape index (κ3) is 4.05. The molecule has 0 bridgehead atoms. The quantitative estimate of drug-likeness (QED) is 0.768. The third-order valence-electron chi connectivity index (χ3n) is 4.90. The van der Waals surface area contributed by atoms with Gasteiger partial charge in [-0.2, -0.15) is 4.98 Å². The van der Waals surface area contributed by atoms with Crippen LogP contribution in [0.3, 0.4) is 0 Å². The molecule has 0 spiro atoms. The van der Waals surface area contributed by atoms with E-state index in [9.17, 15) is 4.79 Å². The Hall–Kier alpha value is -2.61. The number of hydrogen-bond acceptors (Lipinski definition) is 7. The molecule has 0 atom stereocenters. The average molecular weight is 372 g/mol. The fraction of sp³-hybridized carbons (Fsp3) is 0.526. The standard InChI is InChI=1S/C19H24N4O4/c1-2-3-4-17-20-18(27-21-17)12-22-7-9-23(10-8-22)19(24)14-5-6-15-16(11-14)26-13-25-15/h5-6,11H,2-4,7-10,12-13H2,1H3. The van der Waals surface area contributed by atoms with Gasteiger partial charge in [0.05, 0.1) is 6.54 Å². The van der Waals surface area contributed by atoms with Crippen LogP contribution in [0, 0.1) is 0 Å². The summed E-state index contributed by atoms with van der Waals surface area (Å²) in [6, 6.07) is 5.34. The fourth-order valence-electron chi connectivity index (χ4n) is 3.30. The van der Waals surface area contributed by atoms with Crippen LogP contribution in [0.25, 0.3) is 0 Å². The Morgan fingerprint density at radius 2 is 1.96 bits per heavy atom. The van der Waals surface area contributed by atoms with Gasteiger partial charge in [-0.1, -0.05) is 18.5 Å². The lowest BCUT2D eigenvalue weighted by molar-refractivity contribution is 0.0614. The number of carbonyl (C=O) groups is 1. The van der Waals surface area contributed by atoms with Crippen LogP contribution in [0.15, 0.2) is 22.7 Å². The number of fused-ring (bicyclic) bond motifs is 1. The summed E-state index contributed by atoms with van der Waals surface area (Å²) in [6.45, 7) is 5.89. The minimum Gasteiger partial charge on any atom is -0.454 e. The summed E-state index contributed by atoms with van der Waals surface area (Å²) in [6.07, 6.45) is 3.04. The number of unbranched alkanes of at least 4 members (excludes halogenated alkanes) is 1. The molecule has 0 saturated carbocycles. The summed E-state index contributed by atoms with van der Waals surface area (Å²) in [5.74, 6) is 2.77. The maximum atomic E-state index is 12.7. The molecule has 8 heteroatoms. The average Bonchev–Trinajstić information content (AvgIpc) is 3.35. The van der Waals surface area contributed by atoms with Gasteiger partial charge < -0.3 is 18.9 Å². The molecule has 3 heterocycles. The summed E-state index contributed by atoms with van der Waals surface area (Å²) in [4.78, 5) is 21.3. The van der Waals surface area contributed by atoms with Crippen molar-refractivity contribution >= 4 is 5.91 Å². The van der Waals surface area contributed by atoms with Crippen molar-refractivity contribution in [3.63, 3.8) is 0 Å². The second-order valence-electron chi connectivity index (χ2n) is 6.84. The van der Waals surface area contributed by atoms with Crippen LogP contribution in [0.4, 0.5) is 0 Å². The lowest BCUT2D eigenvalue weighted by Gasteiger charge is -2.34. The molecule has 1 aromatic heterocycles. The first-order valence-corrected chi connectivity index (χ1v) is 9.45. The van der Waals surface area contributed by atoms with Crippen molar-refractivity contribution in [1.82, 2.24) is 19.9 Å². The highest BCUT2D eigenvalue weighted by Gasteiger charge is 2.25. The SMILES string of the molecule is CCCCc1noc(CN2CCN(C(=O)c3ccc4c(c3)OCO4)CC2)n1. The Labute approximate surface area is 158 Å². The highest BCUT2D eigenvalue weighted by atomic mass is 16.7. The number of hydrogen-bond donors (Lipinski definition) is 0. The molecule has 2 aliphatic rings. The molecule has 27 heavy (non-hydrogen) atoms. The predicted molar refractivity (Wildman–Crippen MR) is 96.7 cm³/mol. The zero-order valence-electron chi connectivity index (χ0n) is 15.5. The van der Waals surface area contributed by atoms with Crippen LogP contribution >= 0.6 is 0 Å². The molecular formula is C19H24N4O4. The smallest absolute Gasteiger partial charge is 0.254 e. The van der Waals surface area contributed by atoms with E-state index >= 15 is 0 Å². The zero-order valence-corrected chi connectivity index (χ0v) is 15.5. The number of aromatic nitrogens is 2. The maximum absolute atomic E-state index is 12.7. The van der Waals surface area contributed by atoms with Gasteiger partial charge in [-0.3, -0.25) is 9.69 Å². The van der Waals surface area contributed by atoms with E-state index in [-0.39, 0.29) is 12.7 Å². The number of rotatable bonds is 6. The normalized spacial score (nSPS) is 16.7. The van der Waals surface area contributed by atoms with E-state index in [1.54, 1.807) is 18.2 Å². The molecule has 0 unspecified atom stereocenters. The number of carbonyl (C=O) groups excluding carboxylic acids is 1. The van der Waals surface area contributed by atoms with Crippen molar-refractivity contribution in [3.8, 4) is 11.5 Å². The summed E-state index contributed by atoms with van der Waals surface area (Å²) in [5.41, 5.74) is 0.630. The van der Waals surface area contributed by atoms with Crippen LogP contribution in [0.1, 0.15) is 41.8 Å². The Kier molecular flexibility index (Phi) is 5.24. The van der Waals surface area contributed by atoms with Crippen LogP contribution in [-0.4, -0.2) is 58.8 Å².